The van der Waals surface area contributed by atoms with Gasteiger partial charge in [-0.2, -0.15) is 4.68 Å². The summed E-state index contributed by atoms with van der Waals surface area (Å²) in [5.41, 5.74) is 2.06. The fourth-order valence-corrected chi connectivity index (χ4v) is 3.36. The summed E-state index contributed by atoms with van der Waals surface area (Å²) in [4.78, 5) is 22.8. The van der Waals surface area contributed by atoms with Crippen molar-refractivity contribution in [2.75, 3.05) is 11.1 Å². The molecule has 9 nitrogen and oxygen atoms in total. The van der Waals surface area contributed by atoms with E-state index in [0.717, 1.165) is 36.7 Å². The van der Waals surface area contributed by atoms with Crippen molar-refractivity contribution in [1.29, 1.82) is 0 Å². The van der Waals surface area contributed by atoms with Crippen LogP contribution in [0.2, 0.25) is 0 Å². The average Bonchev–Trinajstić information content (AvgIpc) is 3.20. The number of para-hydroxylation sites is 2. The van der Waals surface area contributed by atoms with Gasteiger partial charge in [-0.3, -0.25) is 14.9 Å². The lowest BCUT2D eigenvalue weighted by atomic mass is 10.1. The van der Waals surface area contributed by atoms with Crippen LogP contribution < -0.4 is 5.32 Å². The summed E-state index contributed by atoms with van der Waals surface area (Å²) in [5.74, 6) is -0.366. The van der Waals surface area contributed by atoms with E-state index in [4.69, 9.17) is 0 Å². The van der Waals surface area contributed by atoms with E-state index < -0.39 is 4.92 Å². The number of nitro groups is 1. The van der Waals surface area contributed by atoms with E-state index in [1.165, 1.54) is 17.7 Å². The molecule has 0 aliphatic heterocycles. The summed E-state index contributed by atoms with van der Waals surface area (Å²) in [5, 5.41) is 25.7. The zero-order valence-corrected chi connectivity index (χ0v) is 16.6. The second-order valence-electron chi connectivity index (χ2n) is 6.25. The van der Waals surface area contributed by atoms with E-state index in [9.17, 15) is 14.9 Å². The number of anilines is 1. The summed E-state index contributed by atoms with van der Waals surface area (Å²) in [6.45, 7) is 2.16. The molecule has 0 aliphatic rings. The Morgan fingerprint density at radius 2 is 1.97 bits per heavy atom. The number of nitrogens with one attached hydrogen (secondary N) is 1. The Hall–Kier alpha value is -3.27. The van der Waals surface area contributed by atoms with Crippen LogP contribution in [0.3, 0.4) is 0 Å². The molecule has 0 saturated heterocycles. The molecule has 0 atom stereocenters. The first-order valence-corrected chi connectivity index (χ1v) is 10.1. The average molecular weight is 412 g/mol. The molecule has 1 N–H and O–H groups in total. The Kier molecular flexibility index (Phi) is 6.90. The highest BCUT2D eigenvalue weighted by atomic mass is 32.2. The van der Waals surface area contributed by atoms with E-state index in [2.05, 4.69) is 27.8 Å². The SMILES string of the molecule is CCCCc1ccc(-n2nnnc2SCC(=O)Nc2ccccc2[N+](=O)[O-])cc1. The first kappa shape index (κ1) is 20.5. The number of tetrazole rings is 1. The van der Waals surface area contributed by atoms with Gasteiger partial charge in [0.2, 0.25) is 11.1 Å². The van der Waals surface area contributed by atoms with Crippen molar-refractivity contribution in [3.63, 3.8) is 0 Å². The first-order valence-electron chi connectivity index (χ1n) is 9.12. The van der Waals surface area contributed by atoms with Crippen LogP contribution in [0.1, 0.15) is 25.3 Å². The number of hydrogen-bond donors (Lipinski definition) is 1. The van der Waals surface area contributed by atoms with Gasteiger partial charge < -0.3 is 5.32 Å². The predicted octanol–water partition coefficient (Wildman–Crippen LogP) is 3.64. The number of hydrogen-bond acceptors (Lipinski definition) is 7. The van der Waals surface area contributed by atoms with Gasteiger partial charge in [0.25, 0.3) is 5.69 Å². The van der Waals surface area contributed by atoms with Crippen LogP contribution in [-0.4, -0.2) is 36.8 Å². The lowest BCUT2D eigenvalue weighted by Gasteiger charge is -2.07. The van der Waals surface area contributed by atoms with Gasteiger partial charge in [-0.05, 0) is 47.0 Å². The van der Waals surface area contributed by atoms with Crippen molar-refractivity contribution < 1.29 is 9.72 Å². The number of aromatic nitrogens is 4. The quantitative estimate of drug-likeness (QED) is 0.324. The summed E-state index contributed by atoms with van der Waals surface area (Å²) in [6, 6.07) is 14.0. The molecule has 150 valence electrons. The number of benzene rings is 2. The fraction of sp³-hybridized carbons (Fsp3) is 0.263. The topological polar surface area (TPSA) is 116 Å². The number of nitrogens with zero attached hydrogens (tertiary/aromatic N) is 5. The van der Waals surface area contributed by atoms with E-state index in [0.29, 0.717) is 5.16 Å². The van der Waals surface area contributed by atoms with Crippen molar-refractivity contribution in [2.45, 2.75) is 31.3 Å². The van der Waals surface area contributed by atoms with Gasteiger partial charge in [0, 0.05) is 6.07 Å². The number of carbonyl (C=O) groups is 1. The maximum absolute atomic E-state index is 12.2. The van der Waals surface area contributed by atoms with E-state index in [1.807, 2.05) is 24.3 Å². The molecule has 2 aromatic carbocycles. The molecule has 0 aliphatic carbocycles. The number of amides is 1. The predicted molar refractivity (Wildman–Crippen MR) is 110 cm³/mol. The third-order valence-electron chi connectivity index (χ3n) is 4.15. The van der Waals surface area contributed by atoms with Crippen LogP contribution in [0, 0.1) is 10.1 Å². The van der Waals surface area contributed by atoms with Gasteiger partial charge in [0.15, 0.2) is 0 Å². The van der Waals surface area contributed by atoms with E-state index in [1.54, 1.807) is 16.8 Å². The second-order valence-corrected chi connectivity index (χ2v) is 7.20. The standard InChI is InChI=1S/C19H20N6O3S/c1-2-3-6-14-9-11-15(12-10-14)24-19(21-22-23-24)29-13-18(26)20-16-7-4-5-8-17(16)25(27)28/h4-5,7-12H,2-3,6,13H2,1H3,(H,20,26). The maximum Gasteiger partial charge on any atom is 0.292 e. The molecule has 1 heterocycles. The maximum atomic E-state index is 12.2. The third-order valence-corrected chi connectivity index (χ3v) is 5.07. The molecule has 0 bridgehead atoms. The molecule has 3 aromatic rings. The molecule has 1 aromatic heterocycles. The summed E-state index contributed by atoms with van der Waals surface area (Å²) in [7, 11) is 0. The number of unbranched alkanes of at least 4 members (excludes halogenated alkanes) is 1. The van der Waals surface area contributed by atoms with Crippen LogP contribution in [0.15, 0.2) is 53.7 Å². The third kappa shape index (κ3) is 5.38. The van der Waals surface area contributed by atoms with Gasteiger partial charge in [-0.15, -0.1) is 5.10 Å². The second kappa shape index (κ2) is 9.78. The van der Waals surface area contributed by atoms with Gasteiger partial charge in [-0.1, -0.05) is 49.4 Å². The fourth-order valence-electron chi connectivity index (χ4n) is 2.67. The summed E-state index contributed by atoms with van der Waals surface area (Å²) < 4.78 is 1.56. The highest BCUT2D eigenvalue weighted by Crippen LogP contribution is 2.24. The minimum absolute atomic E-state index is 0.0149. The largest absolute Gasteiger partial charge is 0.320 e. The van der Waals surface area contributed by atoms with Crippen molar-refractivity contribution in [3.8, 4) is 5.69 Å². The Morgan fingerprint density at radius 3 is 2.69 bits per heavy atom. The summed E-state index contributed by atoms with van der Waals surface area (Å²) >= 11 is 1.15. The van der Waals surface area contributed by atoms with Crippen molar-refractivity contribution >= 4 is 29.0 Å². The smallest absolute Gasteiger partial charge is 0.292 e. The van der Waals surface area contributed by atoms with Crippen LogP contribution >= 0.6 is 11.8 Å². The number of rotatable bonds is 9. The van der Waals surface area contributed by atoms with E-state index >= 15 is 0 Å². The minimum atomic E-state index is -0.534. The van der Waals surface area contributed by atoms with Gasteiger partial charge in [0.05, 0.1) is 16.4 Å². The van der Waals surface area contributed by atoms with Crippen molar-refractivity contribution in [3.05, 3.63) is 64.2 Å². The molecule has 29 heavy (non-hydrogen) atoms. The number of thioether (sulfide) groups is 1. The highest BCUT2D eigenvalue weighted by Gasteiger charge is 2.16. The summed E-state index contributed by atoms with van der Waals surface area (Å²) in [6.07, 6.45) is 3.31. The van der Waals surface area contributed by atoms with Crippen LogP contribution in [-0.2, 0) is 11.2 Å². The minimum Gasteiger partial charge on any atom is -0.320 e. The number of carbonyl (C=O) groups excluding carboxylic acids is 1. The number of nitro benzene ring substituents is 1. The van der Waals surface area contributed by atoms with Crippen molar-refractivity contribution in [1.82, 2.24) is 20.2 Å². The zero-order valence-electron chi connectivity index (χ0n) is 15.8. The zero-order chi connectivity index (χ0) is 20.6. The van der Waals surface area contributed by atoms with E-state index in [-0.39, 0.29) is 23.0 Å². The van der Waals surface area contributed by atoms with Gasteiger partial charge in [-0.25, -0.2) is 0 Å². The molecule has 0 radical (unpaired) electrons. The Balaban J connectivity index is 1.63. The van der Waals surface area contributed by atoms with Gasteiger partial charge >= 0.3 is 0 Å². The molecule has 0 fully saturated rings. The van der Waals surface area contributed by atoms with Crippen LogP contribution in [0.4, 0.5) is 11.4 Å². The van der Waals surface area contributed by atoms with Gasteiger partial charge in [0.1, 0.15) is 5.69 Å². The Bertz CT molecular complexity index is 990. The lowest BCUT2D eigenvalue weighted by molar-refractivity contribution is -0.383. The molecule has 0 spiro atoms. The molecule has 0 saturated carbocycles. The van der Waals surface area contributed by atoms with Crippen molar-refractivity contribution in [2.24, 2.45) is 0 Å². The van der Waals surface area contributed by atoms with Crippen LogP contribution in [0.5, 0.6) is 0 Å². The lowest BCUT2D eigenvalue weighted by Crippen LogP contribution is -2.15. The highest BCUT2D eigenvalue weighted by molar-refractivity contribution is 7.99. The molecule has 1 amide bonds. The first-order chi connectivity index (χ1) is 14.1. The Labute approximate surface area is 171 Å². The van der Waals surface area contributed by atoms with Crippen LogP contribution in [0.25, 0.3) is 5.69 Å². The Morgan fingerprint density at radius 1 is 1.21 bits per heavy atom. The molecular formula is C19H20N6O3S. The monoisotopic (exact) mass is 412 g/mol. The molecular weight excluding hydrogens is 392 g/mol. The number of aryl methyl sites for hydroxylation is 1. The molecule has 0 unspecified atom stereocenters. The normalized spacial score (nSPS) is 10.7. The molecule has 10 heteroatoms. The molecule has 3 rings (SSSR count).